The molecule has 0 aromatic rings. The zero-order chi connectivity index (χ0) is 19.5. The molecule has 0 aliphatic rings. The fourth-order valence-corrected chi connectivity index (χ4v) is 2.78. The van der Waals surface area contributed by atoms with Crippen molar-refractivity contribution in [1.82, 2.24) is 0 Å². The molecule has 0 saturated heterocycles. The van der Waals surface area contributed by atoms with Gasteiger partial charge >= 0.3 is 5.97 Å². The van der Waals surface area contributed by atoms with E-state index < -0.39 is 0 Å². The summed E-state index contributed by atoms with van der Waals surface area (Å²) in [6.45, 7) is 9.74. The van der Waals surface area contributed by atoms with E-state index in [9.17, 15) is 4.79 Å². The second-order valence-electron chi connectivity index (χ2n) is 7.34. The van der Waals surface area contributed by atoms with Crippen molar-refractivity contribution in [2.75, 3.05) is 44.1 Å². The molecule has 0 fully saturated rings. The Hall–Kier alpha value is 0.0800. The summed E-state index contributed by atoms with van der Waals surface area (Å²) in [5.41, 5.74) is -0.389. The molecular formula is C20H39IO5. The number of hydrogen-bond donors (Lipinski definition) is 0. The third kappa shape index (κ3) is 22.1. The van der Waals surface area contributed by atoms with E-state index in [-0.39, 0.29) is 11.6 Å². The van der Waals surface area contributed by atoms with Crippen LogP contribution in [-0.2, 0) is 23.7 Å². The third-order valence-electron chi connectivity index (χ3n) is 3.51. The molecular weight excluding hydrogens is 447 g/mol. The average molecular weight is 486 g/mol. The number of carbonyl (C=O) groups excluding carboxylic acids is 1. The Bertz CT molecular complexity index is 318. The van der Waals surface area contributed by atoms with Gasteiger partial charge in [0.15, 0.2) is 0 Å². The van der Waals surface area contributed by atoms with E-state index in [0.29, 0.717) is 39.5 Å². The van der Waals surface area contributed by atoms with Crippen molar-refractivity contribution in [3.63, 3.8) is 0 Å². The fourth-order valence-electron chi connectivity index (χ4n) is 2.24. The molecule has 156 valence electrons. The Kier molecular flexibility index (Phi) is 18.5. The molecule has 0 aliphatic carbocycles. The first-order valence-electron chi connectivity index (χ1n) is 9.97. The van der Waals surface area contributed by atoms with E-state index in [4.69, 9.17) is 18.9 Å². The van der Waals surface area contributed by atoms with E-state index in [0.717, 1.165) is 32.3 Å². The normalized spacial score (nSPS) is 11.7. The van der Waals surface area contributed by atoms with Gasteiger partial charge in [0.2, 0.25) is 0 Å². The molecule has 0 saturated carbocycles. The van der Waals surface area contributed by atoms with Gasteiger partial charge in [0.25, 0.3) is 0 Å². The zero-order valence-electron chi connectivity index (χ0n) is 17.0. The highest BCUT2D eigenvalue weighted by atomic mass is 127. The van der Waals surface area contributed by atoms with Gasteiger partial charge in [-0.2, -0.15) is 0 Å². The Morgan fingerprint density at radius 1 is 0.692 bits per heavy atom. The second-order valence-corrected chi connectivity index (χ2v) is 8.42. The van der Waals surface area contributed by atoms with Gasteiger partial charge in [-0.05, 0) is 50.9 Å². The molecule has 0 aromatic heterocycles. The maximum absolute atomic E-state index is 11.5. The largest absolute Gasteiger partial charge is 0.460 e. The predicted octanol–water partition coefficient (Wildman–Crippen LogP) is 4.93. The summed E-state index contributed by atoms with van der Waals surface area (Å²) in [5, 5.41) is 0. The number of unbranched alkanes of at least 4 members (excludes halogenated alkanes) is 5. The molecule has 26 heavy (non-hydrogen) atoms. The highest BCUT2D eigenvalue weighted by molar-refractivity contribution is 14.1. The lowest BCUT2D eigenvalue weighted by molar-refractivity contribution is -0.154. The Balaban J connectivity index is 3.12. The minimum atomic E-state index is -0.389. The Morgan fingerprint density at radius 3 is 1.65 bits per heavy atom. The van der Waals surface area contributed by atoms with Crippen LogP contribution in [-0.4, -0.2) is 55.6 Å². The molecule has 0 spiro atoms. The molecule has 0 aliphatic heterocycles. The van der Waals surface area contributed by atoms with Gasteiger partial charge in [0.05, 0.1) is 26.4 Å². The van der Waals surface area contributed by atoms with Crippen LogP contribution in [0.5, 0.6) is 0 Å². The zero-order valence-corrected chi connectivity index (χ0v) is 19.2. The van der Waals surface area contributed by atoms with E-state index in [1.54, 1.807) is 0 Å². The molecule has 0 heterocycles. The smallest absolute Gasteiger partial charge is 0.306 e. The topological polar surface area (TPSA) is 54.0 Å². The highest BCUT2D eigenvalue weighted by Crippen LogP contribution is 2.10. The van der Waals surface area contributed by atoms with Gasteiger partial charge < -0.3 is 18.9 Å². The van der Waals surface area contributed by atoms with Crippen molar-refractivity contribution in [1.29, 1.82) is 0 Å². The molecule has 0 atom stereocenters. The first kappa shape index (κ1) is 26.1. The predicted molar refractivity (Wildman–Crippen MR) is 114 cm³/mol. The van der Waals surface area contributed by atoms with Crippen LogP contribution in [0.2, 0.25) is 0 Å². The van der Waals surface area contributed by atoms with Gasteiger partial charge in [-0.15, -0.1) is 0 Å². The monoisotopic (exact) mass is 486 g/mol. The molecule has 0 aromatic carbocycles. The van der Waals surface area contributed by atoms with Gasteiger partial charge in [-0.25, -0.2) is 0 Å². The van der Waals surface area contributed by atoms with Gasteiger partial charge in [-0.1, -0.05) is 41.9 Å². The van der Waals surface area contributed by atoms with Gasteiger partial charge in [0, 0.05) is 19.6 Å². The number of esters is 1. The lowest BCUT2D eigenvalue weighted by atomic mass is 10.1. The van der Waals surface area contributed by atoms with Crippen LogP contribution in [0, 0.1) is 0 Å². The van der Waals surface area contributed by atoms with Crippen LogP contribution >= 0.6 is 22.6 Å². The summed E-state index contributed by atoms with van der Waals surface area (Å²) in [7, 11) is 0. The van der Waals surface area contributed by atoms with E-state index in [1.807, 2.05) is 20.8 Å². The first-order valence-corrected chi connectivity index (χ1v) is 11.5. The summed E-state index contributed by atoms with van der Waals surface area (Å²) in [6, 6.07) is 0. The van der Waals surface area contributed by atoms with Crippen molar-refractivity contribution in [3.8, 4) is 0 Å². The lowest BCUT2D eigenvalue weighted by Gasteiger charge is -2.19. The Labute approximate surface area is 174 Å². The fraction of sp³-hybridized carbons (Fsp3) is 0.950. The number of rotatable bonds is 18. The minimum Gasteiger partial charge on any atom is -0.460 e. The summed E-state index contributed by atoms with van der Waals surface area (Å²) in [4.78, 5) is 11.5. The number of ether oxygens (including phenoxy) is 4. The number of alkyl halides is 1. The maximum atomic E-state index is 11.5. The SMILES string of the molecule is CC(C)(C)OC(=O)CCCCCOCCOCCOCCCCCCI. The summed E-state index contributed by atoms with van der Waals surface area (Å²) >= 11 is 2.42. The average Bonchev–Trinajstić information content (AvgIpc) is 2.56. The van der Waals surface area contributed by atoms with Crippen LogP contribution in [0.1, 0.15) is 72.1 Å². The molecule has 0 radical (unpaired) electrons. The summed E-state index contributed by atoms with van der Waals surface area (Å²) in [6.07, 6.45) is 8.30. The molecule has 6 heteroatoms. The molecule has 5 nitrogen and oxygen atoms in total. The van der Waals surface area contributed by atoms with Crippen LogP contribution in [0.3, 0.4) is 0 Å². The maximum Gasteiger partial charge on any atom is 0.306 e. The number of hydrogen-bond acceptors (Lipinski definition) is 5. The molecule has 0 amide bonds. The van der Waals surface area contributed by atoms with E-state index >= 15 is 0 Å². The van der Waals surface area contributed by atoms with E-state index in [2.05, 4.69) is 22.6 Å². The van der Waals surface area contributed by atoms with Crippen molar-refractivity contribution >= 4 is 28.6 Å². The van der Waals surface area contributed by atoms with Crippen LogP contribution in [0.25, 0.3) is 0 Å². The van der Waals surface area contributed by atoms with Crippen molar-refractivity contribution in [2.45, 2.75) is 77.7 Å². The van der Waals surface area contributed by atoms with Gasteiger partial charge in [-0.3, -0.25) is 4.79 Å². The minimum absolute atomic E-state index is 0.116. The standard InChI is InChI=1S/C20H39IO5/c1-20(2,3)26-19(22)11-7-6-10-14-24-16-18-25-17-15-23-13-9-5-4-8-12-21/h4-18H2,1-3H3. The lowest BCUT2D eigenvalue weighted by Crippen LogP contribution is -2.23. The molecule has 0 unspecified atom stereocenters. The van der Waals surface area contributed by atoms with Crippen molar-refractivity contribution < 1.29 is 23.7 Å². The quantitative estimate of drug-likeness (QED) is 0.119. The first-order chi connectivity index (χ1) is 12.5. The van der Waals surface area contributed by atoms with Crippen LogP contribution < -0.4 is 0 Å². The van der Waals surface area contributed by atoms with Gasteiger partial charge in [0.1, 0.15) is 5.60 Å². The number of halogens is 1. The van der Waals surface area contributed by atoms with Crippen LogP contribution in [0.4, 0.5) is 0 Å². The molecule has 0 rings (SSSR count). The highest BCUT2D eigenvalue weighted by Gasteiger charge is 2.15. The summed E-state index contributed by atoms with van der Waals surface area (Å²) in [5.74, 6) is -0.116. The number of carbonyl (C=O) groups is 1. The van der Waals surface area contributed by atoms with E-state index in [1.165, 1.54) is 23.7 Å². The van der Waals surface area contributed by atoms with Crippen molar-refractivity contribution in [2.24, 2.45) is 0 Å². The second kappa shape index (κ2) is 18.4. The Morgan fingerprint density at radius 2 is 1.15 bits per heavy atom. The van der Waals surface area contributed by atoms with Crippen molar-refractivity contribution in [3.05, 3.63) is 0 Å². The molecule has 0 bridgehead atoms. The third-order valence-corrected chi connectivity index (χ3v) is 4.27. The summed E-state index contributed by atoms with van der Waals surface area (Å²) < 4.78 is 23.0. The van der Waals surface area contributed by atoms with Crippen LogP contribution in [0.15, 0.2) is 0 Å². The molecule has 0 N–H and O–H groups in total.